The molecule has 2 aromatic heterocycles. The van der Waals surface area contributed by atoms with Gasteiger partial charge >= 0.3 is 6.03 Å². The lowest BCUT2D eigenvalue weighted by atomic mass is 10.0. The van der Waals surface area contributed by atoms with Crippen molar-refractivity contribution in [1.82, 2.24) is 25.2 Å². The number of amides is 2. The predicted molar refractivity (Wildman–Crippen MR) is 104 cm³/mol. The van der Waals surface area contributed by atoms with Crippen molar-refractivity contribution in [3.05, 3.63) is 41.7 Å². The number of likely N-dealkylation sites (tertiary alicyclic amines) is 1. The monoisotopic (exact) mass is 385 g/mol. The van der Waals surface area contributed by atoms with Crippen molar-refractivity contribution >= 4 is 17.7 Å². The summed E-state index contributed by atoms with van der Waals surface area (Å²) in [5.41, 5.74) is 1.01. The molecule has 2 amide bonds. The van der Waals surface area contributed by atoms with Crippen molar-refractivity contribution in [1.29, 1.82) is 0 Å². The van der Waals surface area contributed by atoms with Crippen LogP contribution in [0.1, 0.15) is 36.6 Å². The molecule has 4 heterocycles. The Morgan fingerprint density at radius 2 is 2.29 bits per heavy atom. The molecule has 8 nitrogen and oxygen atoms in total. The lowest BCUT2D eigenvalue weighted by Crippen LogP contribution is -2.50. The van der Waals surface area contributed by atoms with Crippen LogP contribution in [0.25, 0.3) is 0 Å². The molecular formula is C19H24FN7O. The minimum atomic E-state index is -0.497. The highest BCUT2D eigenvalue weighted by Gasteiger charge is 2.29. The Hall–Kier alpha value is -2.97. The fraction of sp³-hybridized carbons (Fsp3) is 0.474. The standard InChI is InChI=1S/C19H24FN7O/c1-21-19(28)27-8-3-2-5-12(27)9-23-18-15(20)11-25-17(26-18)14-10-24-16-13(14)6-4-7-22-16/h4,6-7,11-12,14H,2-3,5,8-10H2,1H3,(H,21,28)(H,22,24)(H,23,25,26)/t12-,14?/m1/s1. The van der Waals surface area contributed by atoms with Crippen LogP contribution in [0, 0.1) is 5.82 Å². The van der Waals surface area contributed by atoms with Crippen molar-refractivity contribution < 1.29 is 9.18 Å². The number of carbonyl (C=O) groups excluding carboxylic acids is 1. The Balaban J connectivity index is 1.50. The maximum absolute atomic E-state index is 14.3. The number of hydrogen-bond acceptors (Lipinski definition) is 6. The molecule has 1 saturated heterocycles. The van der Waals surface area contributed by atoms with Crippen molar-refractivity contribution in [3.63, 3.8) is 0 Å². The van der Waals surface area contributed by atoms with Crippen LogP contribution in [-0.4, -0.2) is 58.6 Å². The van der Waals surface area contributed by atoms with E-state index >= 15 is 0 Å². The van der Waals surface area contributed by atoms with Gasteiger partial charge in [-0.1, -0.05) is 6.07 Å². The minimum Gasteiger partial charge on any atom is -0.369 e. The summed E-state index contributed by atoms with van der Waals surface area (Å²) in [5.74, 6) is 0.975. The molecule has 0 aromatic carbocycles. The molecule has 2 aromatic rings. The fourth-order valence-corrected chi connectivity index (χ4v) is 3.90. The second-order valence-electron chi connectivity index (χ2n) is 7.08. The van der Waals surface area contributed by atoms with Crippen LogP contribution in [-0.2, 0) is 0 Å². The van der Waals surface area contributed by atoms with Crippen LogP contribution >= 0.6 is 0 Å². The molecule has 0 radical (unpaired) electrons. The first-order valence-corrected chi connectivity index (χ1v) is 9.61. The summed E-state index contributed by atoms with van der Waals surface area (Å²) in [5, 5.41) is 9.01. The van der Waals surface area contributed by atoms with Gasteiger partial charge in [-0.25, -0.2) is 24.1 Å². The number of fused-ring (bicyclic) bond motifs is 1. The van der Waals surface area contributed by atoms with Crippen molar-refractivity contribution in [2.45, 2.75) is 31.2 Å². The lowest BCUT2D eigenvalue weighted by Gasteiger charge is -2.35. The molecule has 0 saturated carbocycles. The van der Waals surface area contributed by atoms with E-state index in [-0.39, 0.29) is 23.8 Å². The van der Waals surface area contributed by atoms with E-state index in [4.69, 9.17) is 0 Å². The SMILES string of the molecule is CNC(=O)N1CCCC[C@@H]1CNc1nc(C2CNc3ncccc32)ncc1F. The molecule has 2 aliphatic heterocycles. The Labute approximate surface area is 163 Å². The number of anilines is 2. The molecule has 2 aliphatic rings. The van der Waals surface area contributed by atoms with Gasteiger partial charge in [-0.15, -0.1) is 0 Å². The summed E-state index contributed by atoms with van der Waals surface area (Å²) in [6.07, 6.45) is 5.85. The van der Waals surface area contributed by atoms with Gasteiger partial charge in [-0.2, -0.15) is 0 Å². The number of nitrogens with zero attached hydrogens (tertiary/aromatic N) is 4. The summed E-state index contributed by atoms with van der Waals surface area (Å²) < 4.78 is 14.3. The lowest BCUT2D eigenvalue weighted by molar-refractivity contribution is 0.157. The number of pyridine rings is 1. The van der Waals surface area contributed by atoms with Gasteiger partial charge in [0.2, 0.25) is 0 Å². The number of rotatable bonds is 4. The first kappa shape index (κ1) is 18.4. The number of carbonyl (C=O) groups is 1. The van der Waals surface area contributed by atoms with Crippen LogP contribution in [0.2, 0.25) is 0 Å². The van der Waals surface area contributed by atoms with Gasteiger partial charge in [0, 0.05) is 38.4 Å². The third-order valence-corrected chi connectivity index (χ3v) is 5.37. The largest absolute Gasteiger partial charge is 0.369 e. The smallest absolute Gasteiger partial charge is 0.317 e. The van der Waals surface area contributed by atoms with E-state index in [0.29, 0.717) is 25.5 Å². The third-order valence-electron chi connectivity index (χ3n) is 5.37. The van der Waals surface area contributed by atoms with Gasteiger partial charge in [0.25, 0.3) is 0 Å². The molecular weight excluding hydrogens is 361 g/mol. The zero-order chi connectivity index (χ0) is 19.5. The first-order chi connectivity index (χ1) is 13.7. The summed E-state index contributed by atoms with van der Waals surface area (Å²) in [7, 11) is 1.63. The number of halogens is 1. The average Bonchev–Trinajstić information content (AvgIpc) is 3.17. The molecule has 0 spiro atoms. The molecule has 1 fully saturated rings. The third kappa shape index (κ3) is 3.56. The van der Waals surface area contributed by atoms with Gasteiger partial charge in [0.15, 0.2) is 11.6 Å². The summed E-state index contributed by atoms with van der Waals surface area (Å²) >= 11 is 0. The van der Waals surface area contributed by atoms with E-state index in [1.54, 1.807) is 18.1 Å². The molecule has 4 rings (SSSR count). The predicted octanol–water partition coefficient (Wildman–Crippen LogP) is 2.17. The summed E-state index contributed by atoms with van der Waals surface area (Å²) in [6.45, 7) is 1.79. The average molecular weight is 385 g/mol. The van der Waals surface area contributed by atoms with E-state index in [9.17, 15) is 9.18 Å². The van der Waals surface area contributed by atoms with Crippen LogP contribution in [0.4, 0.5) is 20.8 Å². The second-order valence-corrected chi connectivity index (χ2v) is 7.08. The van der Waals surface area contributed by atoms with Gasteiger partial charge in [-0.05, 0) is 25.3 Å². The highest BCUT2D eigenvalue weighted by atomic mass is 19.1. The van der Waals surface area contributed by atoms with Crippen molar-refractivity contribution in [2.24, 2.45) is 0 Å². The Bertz CT molecular complexity index is 862. The maximum atomic E-state index is 14.3. The van der Waals surface area contributed by atoms with E-state index in [1.165, 1.54) is 6.20 Å². The van der Waals surface area contributed by atoms with Gasteiger partial charge < -0.3 is 20.9 Å². The number of urea groups is 1. The van der Waals surface area contributed by atoms with E-state index < -0.39 is 5.82 Å². The fourth-order valence-electron chi connectivity index (χ4n) is 3.90. The van der Waals surface area contributed by atoms with E-state index in [1.807, 2.05) is 12.1 Å². The Kier molecular flexibility index (Phi) is 5.23. The number of piperidine rings is 1. The maximum Gasteiger partial charge on any atom is 0.317 e. The van der Waals surface area contributed by atoms with Crippen molar-refractivity contribution in [3.8, 4) is 0 Å². The number of hydrogen-bond donors (Lipinski definition) is 3. The molecule has 0 aliphatic carbocycles. The summed E-state index contributed by atoms with van der Waals surface area (Å²) in [4.78, 5) is 26.8. The zero-order valence-electron chi connectivity index (χ0n) is 15.8. The van der Waals surface area contributed by atoms with Crippen LogP contribution in [0.5, 0.6) is 0 Å². The zero-order valence-corrected chi connectivity index (χ0v) is 15.8. The Morgan fingerprint density at radius 1 is 1.39 bits per heavy atom. The molecule has 9 heteroatoms. The quantitative estimate of drug-likeness (QED) is 0.747. The molecule has 2 atom stereocenters. The van der Waals surface area contributed by atoms with Gasteiger partial charge in [0.1, 0.15) is 11.6 Å². The normalized spacial score (nSPS) is 21.0. The van der Waals surface area contributed by atoms with Crippen LogP contribution in [0.3, 0.4) is 0 Å². The number of aromatic nitrogens is 3. The number of nitrogens with one attached hydrogen (secondary N) is 3. The highest BCUT2D eigenvalue weighted by Crippen LogP contribution is 2.33. The van der Waals surface area contributed by atoms with E-state index in [2.05, 4.69) is 30.9 Å². The highest BCUT2D eigenvalue weighted by molar-refractivity contribution is 5.74. The van der Waals surface area contributed by atoms with Gasteiger partial charge in [-0.3, -0.25) is 0 Å². The topological polar surface area (TPSA) is 95.1 Å². The Morgan fingerprint density at radius 3 is 3.14 bits per heavy atom. The van der Waals surface area contributed by atoms with Crippen molar-refractivity contribution in [2.75, 3.05) is 37.3 Å². The first-order valence-electron chi connectivity index (χ1n) is 9.61. The van der Waals surface area contributed by atoms with Gasteiger partial charge in [0.05, 0.1) is 18.2 Å². The molecule has 28 heavy (non-hydrogen) atoms. The van der Waals surface area contributed by atoms with E-state index in [0.717, 1.165) is 30.6 Å². The summed E-state index contributed by atoms with van der Waals surface area (Å²) in [6, 6.07) is 3.76. The molecule has 0 bridgehead atoms. The molecule has 3 N–H and O–H groups in total. The van der Waals surface area contributed by atoms with Crippen LogP contribution in [0.15, 0.2) is 24.5 Å². The van der Waals surface area contributed by atoms with Crippen LogP contribution < -0.4 is 16.0 Å². The molecule has 148 valence electrons. The molecule has 1 unspecified atom stereocenters. The second kappa shape index (κ2) is 7.95. The minimum absolute atomic E-state index is 0.00425.